The van der Waals surface area contributed by atoms with Gasteiger partial charge >= 0.3 is 0 Å². The smallest absolute Gasteiger partial charge is 0.281 e. The number of halogens is 3. The molecule has 0 bridgehead atoms. The minimum Gasteiger partial charge on any atom is -0.372 e. The standard InChI is InChI=1S/C29H28ClF2N3O3S/c1-39-21-6-4-5-18(13-21)29(38)23-7-2-3-8-24(23)35(28(29)37)16-17-9-11-20(12-10-17)34-27(36)22-14-19(30)15-33-25(22)26(31)32/h2-8,13-15,17,20,26,38H,9-12,16H2,1H3,(H,34,36). The third-order valence-corrected chi connectivity index (χ3v) is 8.52. The fourth-order valence-electron chi connectivity index (χ4n) is 5.56. The van der Waals surface area contributed by atoms with Crippen molar-refractivity contribution in [3.8, 4) is 0 Å². The van der Waals surface area contributed by atoms with Crippen molar-refractivity contribution in [1.29, 1.82) is 0 Å². The summed E-state index contributed by atoms with van der Waals surface area (Å²) >= 11 is 7.44. The molecule has 0 saturated heterocycles. The van der Waals surface area contributed by atoms with E-state index in [0.29, 0.717) is 36.2 Å². The Morgan fingerprint density at radius 1 is 1.18 bits per heavy atom. The largest absolute Gasteiger partial charge is 0.372 e. The van der Waals surface area contributed by atoms with Gasteiger partial charge in [-0.05, 0) is 67.7 Å². The average molecular weight is 572 g/mol. The predicted molar refractivity (Wildman–Crippen MR) is 147 cm³/mol. The van der Waals surface area contributed by atoms with Crippen LogP contribution in [0.5, 0.6) is 0 Å². The second-order valence-electron chi connectivity index (χ2n) is 9.95. The topological polar surface area (TPSA) is 82.5 Å². The first-order chi connectivity index (χ1) is 18.7. The quantitative estimate of drug-likeness (QED) is 0.342. The highest BCUT2D eigenvalue weighted by Gasteiger charge is 2.51. The number of thioether (sulfide) groups is 1. The van der Waals surface area contributed by atoms with Crippen molar-refractivity contribution in [3.63, 3.8) is 0 Å². The van der Waals surface area contributed by atoms with Crippen molar-refractivity contribution in [3.05, 3.63) is 88.2 Å². The molecule has 2 aromatic carbocycles. The number of aromatic nitrogens is 1. The Kier molecular flexibility index (Phi) is 7.94. The number of amides is 2. The highest BCUT2D eigenvalue weighted by Crippen LogP contribution is 2.45. The van der Waals surface area contributed by atoms with Crippen molar-refractivity contribution in [2.45, 2.75) is 48.6 Å². The van der Waals surface area contributed by atoms with Crippen LogP contribution in [0.2, 0.25) is 5.02 Å². The first-order valence-electron chi connectivity index (χ1n) is 12.7. The second kappa shape index (κ2) is 11.2. The van der Waals surface area contributed by atoms with E-state index in [1.807, 2.05) is 42.7 Å². The molecule has 0 radical (unpaired) electrons. The van der Waals surface area contributed by atoms with Crippen LogP contribution in [0, 0.1) is 5.92 Å². The summed E-state index contributed by atoms with van der Waals surface area (Å²) in [4.78, 5) is 32.8. The molecule has 1 aromatic heterocycles. The Balaban J connectivity index is 1.27. The number of hydrogen-bond donors (Lipinski definition) is 2. The maximum Gasteiger partial charge on any atom is 0.281 e. The van der Waals surface area contributed by atoms with Crippen molar-refractivity contribution in [2.75, 3.05) is 17.7 Å². The third kappa shape index (κ3) is 5.27. The summed E-state index contributed by atoms with van der Waals surface area (Å²) in [6.45, 7) is 0.439. The number of hydrogen-bond acceptors (Lipinski definition) is 5. The van der Waals surface area contributed by atoms with Crippen LogP contribution < -0.4 is 10.2 Å². The van der Waals surface area contributed by atoms with E-state index in [1.54, 1.807) is 28.8 Å². The molecule has 2 aliphatic rings. The molecule has 6 nitrogen and oxygen atoms in total. The summed E-state index contributed by atoms with van der Waals surface area (Å²) in [6.07, 6.45) is 2.89. The number of aliphatic hydroxyl groups is 1. The summed E-state index contributed by atoms with van der Waals surface area (Å²) in [5.41, 5.74) is -0.765. The fraction of sp³-hybridized carbons (Fsp3) is 0.345. The lowest BCUT2D eigenvalue weighted by Gasteiger charge is -2.32. The van der Waals surface area contributed by atoms with E-state index in [1.165, 1.54) is 6.07 Å². The molecule has 5 rings (SSSR count). The maximum atomic E-state index is 13.8. The molecule has 1 fully saturated rings. The van der Waals surface area contributed by atoms with Crippen LogP contribution in [0.25, 0.3) is 0 Å². The Bertz CT molecular complexity index is 1400. The molecule has 39 heavy (non-hydrogen) atoms. The van der Waals surface area contributed by atoms with Crippen LogP contribution in [0.3, 0.4) is 0 Å². The molecule has 10 heteroatoms. The van der Waals surface area contributed by atoms with E-state index in [2.05, 4.69) is 10.3 Å². The predicted octanol–water partition coefficient (Wildman–Crippen LogP) is 5.97. The molecule has 2 heterocycles. The molecule has 2 N–H and O–H groups in total. The van der Waals surface area contributed by atoms with E-state index in [-0.39, 0.29) is 28.5 Å². The van der Waals surface area contributed by atoms with Gasteiger partial charge in [0.2, 0.25) is 0 Å². The van der Waals surface area contributed by atoms with Gasteiger partial charge in [0.15, 0.2) is 5.60 Å². The summed E-state index contributed by atoms with van der Waals surface area (Å²) in [6, 6.07) is 15.8. The average Bonchev–Trinajstić information content (AvgIpc) is 3.16. The summed E-state index contributed by atoms with van der Waals surface area (Å²) in [5.74, 6) is -0.838. The summed E-state index contributed by atoms with van der Waals surface area (Å²) in [5, 5.41) is 14.8. The molecule has 1 unspecified atom stereocenters. The second-order valence-corrected chi connectivity index (χ2v) is 11.3. The van der Waals surface area contributed by atoms with Gasteiger partial charge in [-0.15, -0.1) is 11.8 Å². The number of rotatable bonds is 7. The van der Waals surface area contributed by atoms with Gasteiger partial charge < -0.3 is 15.3 Å². The van der Waals surface area contributed by atoms with Crippen LogP contribution >= 0.6 is 23.4 Å². The van der Waals surface area contributed by atoms with Gasteiger partial charge in [-0.25, -0.2) is 8.78 Å². The number of pyridine rings is 1. The number of para-hydroxylation sites is 1. The Morgan fingerprint density at radius 3 is 2.64 bits per heavy atom. The summed E-state index contributed by atoms with van der Waals surface area (Å²) in [7, 11) is 0. The van der Waals surface area contributed by atoms with Gasteiger partial charge in [0.25, 0.3) is 18.2 Å². The zero-order chi connectivity index (χ0) is 27.7. The number of nitrogens with zero attached hydrogens (tertiary/aromatic N) is 2. The van der Waals surface area contributed by atoms with Gasteiger partial charge in [-0.1, -0.05) is 41.9 Å². The SMILES string of the molecule is CSc1cccc(C2(O)C(=O)N(CC3CCC(NC(=O)c4cc(Cl)cnc4C(F)F)CC3)c3ccccc32)c1. The molecular formula is C29H28ClF2N3O3S. The van der Waals surface area contributed by atoms with Crippen molar-refractivity contribution >= 4 is 40.9 Å². The van der Waals surface area contributed by atoms with Crippen molar-refractivity contribution in [2.24, 2.45) is 5.92 Å². The van der Waals surface area contributed by atoms with Crippen LogP contribution in [0.1, 0.15) is 59.3 Å². The lowest BCUT2D eigenvalue weighted by Crippen LogP contribution is -2.44. The molecule has 3 aromatic rings. The maximum absolute atomic E-state index is 13.8. The van der Waals surface area contributed by atoms with Crippen LogP contribution in [0.4, 0.5) is 14.5 Å². The lowest BCUT2D eigenvalue weighted by molar-refractivity contribution is -0.132. The monoisotopic (exact) mass is 571 g/mol. The molecule has 1 aliphatic carbocycles. The number of carbonyl (C=O) groups excluding carboxylic acids is 2. The van der Waals surface area contributed by atoms with Crippen LogP contribution in [0.15, 0.2) is 65.7 Å². The zero-order valence-corrected chi connectivity index (χ0v) is 22.8. The number of anilines is 1. The number of benzene rings is 2. The number of carbonyl (C=O) groups is 2. The minimum atomic E-state index is -2.89. The number of alkyl halides is 2. The van der Waals surface area contributed by atoms with Gasteiger partial charge in [0.1, 0.15) is 5.69 Å². The lowest BCUT2D eigenvalue weighted by atomic mass is 9.85. The van der Waals surface area contributed by atoms with E-state index in [9.17, 15) is 23.5 Å². The van der Waals surface area contributed by atoms with Crippen LogP contribution in [-0.2, 0) is 10.4 Å². The fourth-order valence-corrected chi connectivity index (χ4v) is 6.18. The van der Waals surface area contributed by atoms with Crippen molar-refractivity contribution < 1.29 is 23.5 Å². The molecule has 1 atom stereocenters. The van der Waals surface area contributed by atoms with E-state index >= 15 is 0 Å². The van der Waals surface area contributed by atoms with Gasteiger partial charge in [-0.3, -0.25) is 14.6 Å². The highest BCUT2D eigenvalue weighted by molar-refractivity contribution is 7.98. The molecule has 1 saturated carbocycles. The van der Waals surface area contributed by atoms with Gasteiger partial charge in [-0.2, -0.15) is 0 Å². The Morgan fingerprint density at radius 2 is 1.92 bits per heavy atom. The number of nitrogens with one attached hydrogen (secondary N) is 1. The highest BCUT2D eigenvalue weighted by atomic mass is 35.5. The Labute approximate surface area is 234 Å². The first kappa shape index (κ1) is 27.6. The Hall–Kier alpha value is -3.01. The van der Waals surface area contributed by atoms with Crippen molar-refractivity contribution in [1.82, 2.24) is 10.3 Å². The minimum absolute atomic E-state index is 0.115. The first-order valence-corrected chi connectivity index (χ1v) is 14.4. The third-order valence-electron chi connectivity index (χ3n) is 7.59. The molecule has 1 aliphatic heterocycles. The zero-order valence-electron chi connectivity index (χ0n) is 21.2. The van der Waals surface area contributed by atoms with Crippen LogP contribution in [-0.4, -0.2) is 40.7 Å². The molecule has 0 spiro atoms. The molecule has 2 amide bonds. The van der Waals surface area contributed by atoms with Gasteiger partial charge in [0.05, 0.1) is 16.3 Å². The van der Waals surface area contributed by atoms with E-state index in [4.69, 9.17) is 11.6 Å². The number of fused-ring (bicyclic) bond motifs is 1. The molecular weight excluding hydrogens is 544 g/mol. The van der Waals surface area contributed by atoms with Gasteiger partial charge in [0, 0.05) is 29.2 Å². The summed E-state index contributed by atoms with van der Waals surface area (Å²) < 4.78 is 26.7. The normalized spacial score (nSPS) is 22.7. The molecule has 204 valence electrons. The van der Waals surface area contributed by atoms with E-state index in [0.717, 1.165) is 23.9 Å². The van der Waals surface area contributed by atoms with E-state index < -0.39 is 23.6 Å².